The average Bonchev–Trinajstić information content (AvgIpc) is 2.30. The van der Waals surface area contributed by atoms with Crippen LogP contribution < -0.4 is 5.73 Å². The third-order valence-corrected chi connectivity index (χ3v) is 3.45. The number of anilines is 1. The molecule has 94 valence electrons. The van der Waals surface area contributed by atoms with Crippen LogP contribution in [0, 0.1) is 17.5 Å². The van der Waals surface area contributed by atoms with Crippen LogP contribution in [0.5, 0.6) is 0 Å². The van der Waals surface area contributed by atoms with Gasteiger partial charge in [0.2, 0.25) is 0 Å². The van der Waals surface area contributed by atoms with Gasteiger partial charge in [-0.1, -0.05) is 6.07 Å². The number of hydrogen-bond donors (Lipinski definition) is 1. The minimum atomic E-state index is -0.643. The van der Waals surface area contributed by atoms with E-state index in [1.807, 2.05) is 0 Å². The predicted molar refractivity (Wildman–Crippen MR) is 66.7 cm³/mol. The first-order valence-electron chi connectivity index (χ1n) is 5.18. The molecule has 5 heteroatoms. The highest BCUT2D eigenvalue weighted by Crippen LogP contribution is 2.27. The minimum Gasteiger partial charge on any atom is -0.399 e. The van der Waals surface area contributed by atoms with Gasteiger partial charge in [-0.05, 0) is 29.8 Å². The van der Waals surface area contributed by atoms with Gasteiger partial charge in [-0.25, -0.2) is 13.2 Å². The summed E-state index contributed by atoms with van der Waals surface area (Å²) in [6, 6.07) is 7.67. The zero-order valence-electron chi connectivity index (χ0n) is 9.29. The van der Waals surface area contributed by atoms with E-state index in [0.29, 0.717) is 11.3 Å². The zero-order valence-corrected chi connectivity index (χ0v) is 10.1. The number of thioether (sulfide) groups is 1. The maximum Gasteiger partial charge on any atom is 0.139 e. The zero-order chi connectivity index (χ0) is 13.1. The highest BCUT2D eigenvalue weighted by Gasteiger charge is 2.07. The lowest BCUT2D eigenvalue weighted by molar-refractivity contribution is 0.565. The molecular weight excluding hydrogens is 259 g/mol. The van der Waals surface area contributed by atoms with Crippen LogP contribution >= 0.6 is 11.8 Å². The highest BCUT2D eigenvalue weighted by atomic mass is 32.2. The van der Waals surface area contributed by atoms with E-state index >= 15 is 0 Å². The van der Waals surface area contributed by atoms with Crippen molar-refractivity contribution >= 4 is 17.4 Å². The maximum atomic E-state index is 13.5. The Morgan fingerprint density at radius 1 is 0.944 bits per heavy atom. The lowest BCUT2D eigenvalue weighted by Crippen LogP contribution is -1.92. The molecule has 0 amide bonds. The molecule has 2 aromatic carbocycles. The van der Waals surface area contributed by atoms with Crippen molar-refractivity contribution < 1.29 is 13.2 Å². The van der Waals surface area contributed by atoms with E-state index in [0.717, 1.165) is 17.8 Å². The van der Waals surface area contributed by atoms with Crippen molar-refractivity contribution in [3.63, 3.8) is 0 Å². The molecule has 0 aliphatic heterocycles. The van der Waals surface area contributed by atoms with Gasteiger partial charge in [0.15, 0.2) is 0 Å². The van der Waals surface area contributed by atoms with Gasteiger partial charge in [0, 0.05) is 22.4 Å². The van der Waals surface area contributed by atoms with Crippen molar-refractivity contribution in [3.8, 4) is 0 Å². The van der Waals surface area contributed by atoms with Crippen LogP contribution in [0.2, 0.25) is 0 Å². The smallest absolute Gasteiger partial charge is 0.139 e. The number of nitrogen functional groups attached to an aromatic ring is 1. The van der Waals surface area contributed by atoms with Crippen molar-refractivity contribution in [2.24, 2.45) is 0 Å². The largest absolute Gasteiger partial charge is 0.399 e. The third-order valence-electron chi connectivity index (χ3n) is 2.35. The summed E-state index contributed by atoms with van der Waals surface area (Å²) in [5, 5.41) is 0. The number of benzene rings is 2. The van der Waals surface area contributed by atoms with Gasteiger partial charge in [0.25, 0.3) is 0 Å². The first-order valence-corrected chi connectivity index (χ1v) is 6.16. The van der Waals surface area contributed by atoms with Gasteiger partial charge < -0.3 is 5.73 Å². The first kappa shape index (κ1) is 12.8. The number of halogens is 3. The fourth-order valence-electron chi connectivity index (χ4n) is 1.43. The van der Waals surface area contributed by atoms with Gasteiger partial charge in [0.1, 0.15) is 17.5 Å². The molecule has 0 spiro atoms. The third kappa shape index (κ3) is 2.98. The average molecular weight is 269 g/mol. The molecule has 0 saturated heterocycles. The molecule has 1 nitrogen and oxygen atoms in total. The molecule has 0 fully saturated rings. The molecule has 0 aliphatic rings. The van der Waals surface area contributed by atoms with E-state index in [-0.39, 0.29) is 10.6 Å². The molecule has 0 aliphatic carbocycles. The second-order valence-electron chi connectivity index (χ2n) is 3.71. The molecule has 2 rings (SSSR count). The number of nitrogens with two attached hydrogens (primary N) is 1. The Hall–Kier alpha value is -1.62. The molecule has 0 aromatic heterocycles. The van der Waals surface area contributed by atoms with Gasteiger partial charge in [-0.15, -0.1) is 11.8 Å². The first-order chi connectivity index (χ1) is 8.56. The molecule has 2 aromatic rings. The molecule has 0 atom stereocenters. The lowest BCUT2D eigenvalue weighted by atomic mass is 10.2. The van der Waals surface area contributed by atoms with Crippen LogP contribution in [0.15, 0.2) is 41.3 Å². The Bertz CT molecular complexity index is 521. The summed E-state index contributed by atoms with van der Waals surface area (Å²) >= 11 is 1.11. The van der Waals surface area contributed by atoms with Crippen LogP contribution in [-0.4, -0.2) is 0 Å². The van der Waals surface area contributed by atoms with Crippen molar-refractivity contribution in [1.82, 2.24) is 0 Å². The Balaban J connectivity index is 2.11. The molecule has 0 bridgehead atoms. The second-order valence-corrected chi connectivity index (χ2v) is 4.73. The quantitative estimate of drug-likeness (QED) is 0.673. The van der Waals surface area contributed by atoms with Crippen LogP contribution in [0.4, 0.5) is 18.9 Å². The fraction of sp³-hybridized carbons (Fsp3) is 0.0769. The van der Waals surface area contributed by atoms with Crippen molar-refractivity contribution in [2.75, 3.05) is 5.73 Å². The second kappa shape index (κ2) is 5.35. The van der Waals surface area contributed by atoms with Crippen molar-refractivity contribution in [1.29, 1.82) is 0 Å². The molecule has 0 saturated carbocycles. The monoisotopic (exact) mass is 269 g/mol. The predicted octanol–water partition coefficient (Wildman–Crippen LogP) is 3.98. The van der Waals surface area contributed by atoms with Crippen LogP contribution in [0.3, 0.4) is 0 Å². The van der Waals surface area contributed by atoms with E-state index in [2.05, 4.69) is 0 Å². The summed E-state index contributed by atoms with van der Waals surface area (Å²) < 4.78 is 39.5. The van der Waals surface area contributed by atoms with Gasteiger partial charge in [-0.2, -0.15) is 0 Å². The standard InChI is InChI=1S/C13H10F3NS/c14-9-2-4-13(12(16)5-9)18-7-8-1-3-10(17)6-11(8)15/h1-6H,7,17H2. The van der Waals surface area contributed by atoms with Crippen molar-refractivity contribution in [2.45, 2.75) is 10.6 Å². The summed E-state index contributed by atoms with van der Waals surface area (Å²) in [4.78, 5) is 0.285. The lowest BCUT2D eigenvalue weighted by Gasteiger charge is -2.05. The molecule has 0 radical (unpaired) electrons. The van der Waals surface area contributed by atoms with E-state index in [1.54, 1.807) is 12.1 Å². The van der Waals surface area contributed by atoms with Gasteiger partial charge in [-0.3, -0.25) is 0 Å². The van der Waals surface area contributed by atoms with E-state index in [9.17, 15) is 13.2 Å². The molecule has 2 N–H and O–H groups in total. The Kier molecular flexibility index (Phi) is 3.81. The molecule has 0 unspecified atom stereocenters. The summed E-state index contributed by atoms with van der Waals surface area (Å²) in [6.07, 6.45) is 0. The van der Waals surface area contributed by atoms with Crippen molar-refractivity contribution in [3.05, 3.63) is 59.4 Å². The summed E-state index contributed by atoms with van der Waals surface area (Å²) in [5.74, 6) is -1.44. The Labute approximate surface area is 107 Å². The maximum absolute atomic E-state index is 13.5. The SMILES string of the molecule is Nc1ccc(CSc2ccc(F)cc2F)c(F)c1. The van der Waals surface area contributed by atoms with E-state index in [1.165, 1.54) is 18.2 Å². The normalized spacial score (nSPS) is 10.6. The number of hydrogen-bond acceptors (Lipinski definition) is 2. The molecular formula is C13H10F3NS. The topological polar surface area (TPSA) is 26.0 Å². The Morgan fingerprint density at radius 3 is 2.39 bits per heavy atom. The minimum absolute atomic E-state index is 0.259. The Morgan fingerprint density at radius 2 is 1.72 bits per heavy atom. The highest BCUT2D eigenvalue weighted by molar-refractivity contribution is 7.98. The number of rotatable bonds is 3. The van der Waals surface area contributed by atoms with E-state index in [4.69, 9.17) is 5.73 Å². The molecule has 0 heterocycles. The van der Waals surface area contributed by atoms with Crippen LogP contribution in [0.25, 0.3) is 0 Å². The molecule has 18 heavy (non-hydrogen) atoms. The van der Waals surface area contributed by atoms with Gasteiger partial charge in [0.05, 0.1) is 0 Å². The summed E-state index contributed by atoms with van der Waals surface area (Å²) in [6.45, 7) is 0. The van der Waals surface area contributed by atoms with E-state index < -0.39 is 17.5 Å². The van der Waals surface area contributed by atoms with Gasteiger partial charge >= 0.3 is 0 Å². The van der Waals surface area contributed by atoms with Crippen LogP contribution in [0.1, 0.15) is 5.56 Å². The summed E-state index contributed by atoms with van der Waals surface area (Å²) in [7, 11) is 0. The summed E-state index contributed by atoms with van der Waals surface area (Å²) in [5.41, 5.74) is 6.20. The van der Waals surface area contributed by atoms with Crippen LogP contribution in [-0.2, 0) is 5.75 Å². The fourth-order valence-corrected chi connectivity index (χ4v) is 2.33.